The first-order chi connectivity index (χ1) is 10.1. The summed E-state index contributed by atoms with van der Waals surface area (Å²) >= 11 is 6.03. The molecule has 2 aromatic carbocycles. The second-order valence-corrected chi connectivity index (χ2v) is 5.39. The molecule has 104 valence electrons. The summed E-state index contributed by atoms with van der Waals surface area (Å²) in [5.41, 5.74) is 3.11. The van der Waals surface area contributed by atoms with Crippen LogP contribution in [0.15, 0.2) is 71.8 Å². The van der Waals surface area contributed by atoms with Crippen LogP contribution in [0, 0.1) is 0 Å². The van der Waals surface area contributed by atoms with Gasteiger partial charge in [-0.3, -0.25) is 4.79 Å². The van der Waals surface area contributed by atoms with Gasteiger partial charge in [-0.1, -0.05) is 54.1 Å². The number of hydrogen-bond acceptors (Lipinski definition) is 1. The van der Waals surface area contributed by atoms with Gasteiger partial charge < -0.3 is 4.57 Å². The van der Waals surface area contributed by atoms with E-state index in [2.05, 4.69) is 0 Å². The lowest BCUT2D eigenvalue weighted by Gasteiger charge is -2.09. The topological polar surface area (TPSA) is 22.0 Å². The Morgan fingerprint density at radius 3 is 2.14 bits per heavy atom. The molecule has 0 N–H and O–H groups in total. The van der Waals surface area contributed by atoms with Gasteiger partial charge in [-0.2, -0.15) is 0 Å². The summed E-state index contributed by atoms with van der Waals surface area (Å²) in [6.07, 6.45) is 3.69. The van der Waals surface area contributed by atoms with Crippen LogP contribution in [-0.4, -0.2) is 4.57 Å². The predicted molar refractivity (Wildman–Crippen MR) is 87.6 cm³/mol. The fourth-order valence-electron chi connectivity index (χ4n) is 2.39. The average Bonchev–Trinajstić information content (AvgIpc) is 2.50. The first-order valence-electron chi connectivity index (χ1n) is 6.67. The number of aryl methyl sites for hydroxylation is 1. The minimum absolute atomic E-state index is 0.0153. The molecule has 1 heterocycles. The lowest BCUT2D eigenvalue weighted by atomic mass is 10.0. The van der Waals surface area contributed by atoms with Crippen molar-refractivity contribution in [1.29, 1.82) is 0 Å². The monoisotopic (exact) mass is 295 g/mol. The lowest BCUT2D eigenvalue weighted by molar-refractivity contribution is 0.904. The number of aromatic nitrogens is 1. The van der Waals surface area contributed by atoms with E-state index in [1.54, 1.807) is 6.07 Å². The molecular formula is C18H14ClNO. The number of benzene rings is 2. The fourth-order valence-corrected chi connectivity index (χ4v) is 2.58. The van der Waals surface area contributed by atoms with Crippen LogP contribution >= 0.6 is 11.6 Å². The Morgan fingerprint density at radius 1 is 0.857 bits per heavy atom. The molecule has 0 amide bonds. The van der Waals surface area contributed by atoms with Gasteiger partial charge in [-0.05, 0) is 23.3 Å². The van der Waals surface area contributed by atoms with Crippen LogP contribution in [0.25, 0.3) is 22.3 Å². The fraction of sp³-hybridized carbons (Fsp3) is 0.0556. The Kier molecular flexibility index (Phi) is 3.63. The van der Waals surface area contributed by atoms with Crippen molar-refractivity contribution in [1.82, 2.24) is 4.57 Å². The van der Waals surface area contributed by atoms with Gasteiger partial charge in [0, 0.05) is 35.6 Å². The molecule has 3 rings (SSSR count). The van der Waals surface area contributed by atoms with Gasteiger partial charge in [-0.25, -0.2) is 0 Å². The summed E-state index contributed by atoms with van der Waals surface area (Å²) in [7, 11) is 1.92. The Labute approximate surface area is 128 Å². The van der Waals surface area contributed by atoms with E-state index in [-0.39, 0.29) is 5.43 Å². The molecule has 0 spiro atoms. The Balaban J connectivity index is 2.24. The molecule has 0 aliphatic rings. The van der Waals surface area contributed by atoms with Gasteiger partial charge in [-0.15, -0.1) is 0 Å². The van der Waals surface area contributed by atoms with Crippen molar-refractivity contribution in [3.63, 3.8) is 0 Å². The highest BCUT2D eigenvalue weighted by molar-refractivity contribution is 6.30. The minimum atomic E-state index is 0.0153. The van der Waals surface area contributed by atoms with Crippen LogP contribution in [-0.2, 0) is 7.05 Å². The highest BCUT2D eigenvalue weighted by atomic mass is 35.5. The minimum Gasteiger partial charge on any atom is -0.356 e. The highest BCUT2D eigenvalue weighted by Crippen LogP contribution is 2.23. The van der Waals surface area contributed by atoms with Gasteiger partial charge in [0.2, 0.25) is 0 Å². The smallest absolute Gasteiger partial charge is 0.197 e. The van der Waals surface area contributed by atoms with Gasteiger partial charge >= 0.3 is 0 Å². The maximum absolute atomic E-state index is 12.8. The molecule has 3 aromatic rings. The maximum atomic E-state index is 12.8. The van der Waals surface area contributed by atoms with Crippen molar-refractivity contribution in [2.45, 2.75) is 0 Å². The second kappa shape index (κ2) is 5.58. The highest BCUT2D eigenvalue weighted by Gasteiger charge is 2.10. The Hall–Kier alpha value is -2.32. The van der Waals surface area contributed by atoms with Gasteiger partial charge in [0.15, 0.2) is 5.43 Å². The molecule has 0 aliphatic carbocycles. The largest absolute Gasteiger partial charge is 0.356 e. The Bertz CT molecular complexity index is 837. The van der Waals surface area contributed by atoms with Crippen LogP contribution in [0.1, 0.15) is 0 Å². The molecule has 0 bridgehead atoms. The summed E-state index contributed by atoms with van der Waals surface area (Å²) in [4.78, 5) is 12.8. The van der Waals surface area contributed by atoms with Crippen LogP contribution in [0.5, 0.6) is 0 Å². The molecule has 2 nitrogen and oxygen atoms in total. The number of halogens is 1. The van der Waals surface area contributed by atoms with Gasteiger partial charge in [0.1, 0.15) is 0 Å². The van der Waals surface area contributed by atoms with E-state index >= 15 is 0 Å². The summed E-state index contributed by atoms with van der Waals surface area (Å²) in [6, 6.07) is 17.1. The zero-order chi connectivity index (χ0) is 14.8. The molecule has 21 heavy (non-hydrogen) atoms. The van der Waals surface area contributed by atoms with Crippen molar-refractivity contribution in [2.75, 3.05) is 0 Å². The third-order valence-electron chi connectivity index (χ3n) is 3.38. The van der Waals surface area contributed by atoms with E-state index in [0.29, 0.717) is 16.1 Å². The molecule has 0 saturated carbocycles. The molecular weight excluding hydrogens is 282 g/mol. The molecule has 0 saturated heterocycles. The van der Waals surface area contributed by atoms with Crippen molar-refractivity contribution in [3.05, 3.63) is 82.2 Å². The van der Waals surface area contributed by atoms with Crippen molar-refractivity contribution in [2.24, 2.45) is 7.05 Å². The van der Waals surface area contributed by atoms with Crippen LogP contribution in [0.3, 0.4) is 0 Å². The SMILES string of the molecule is Cn1cc(-c2ccccc2)c(=O)c(-c2cccc(Cl)c2)c1. The molecule has 0 fully saturated rings. The standard InChI is InChI=1S/C18H14ClNO/c1-20-11-16(13-6-3-2-4-7-13)18(21)17(12-20)14-8-5-9-15(19)10-14/h2-12H,1H3. The maximum Gasteiger partial charge on any atom is 0.197 e. The number of pyridine rings is 1. The number of rotatable bonds is 2. The Morgan fingerprint density at radius 2 is 1.48 bits per heavy atom. The quantitative estimate of drug-likeness (QED) is 0.688. The van der Waals surface area contributed by atoms with E-state index in [1.165, 1.54) is 0 Å². The first kappa shape index (κ1) is 13.7. The van der Waals surface area contributed by atoms with E-state index in [9.17, 15) is 4.79 Å². The molecule has 0 unspecified atom stereocenters. The summed E-state index contributed by atoms with van der Waals surface area (Å²) in [5.74, 6) is 0. The average molecular weight is 296 g/mol. The zero-order valence-electron chi connectivity index (χ0n) is 11.6. The molecule has 0 atom stereocenters. The van der Waals surface area contributed by atoms with Crippen molar-refractivity contribution >= 4 is 11.6 Å². The van der Waals surface area contributed by atoms with Crippen molar-refractivity contribution in [3.8, 4) is 22.3 Å². The summed E-state index contributed by atoms with van der Waals surface area (Å²) in [6.45, 7) is 0. The molecule has 0 radical (unpaired) electrons. The number of nitrogens with zero attached hydrogens (tertiary/aromatic N) is 1. The van der Waals surface area contributed by atoms with Crippen LogP contribution < -0.4 is 5.43 Å². The lowest BCUT2D eigenvalue weighted by Crippen LogP contribution is -2.11. The van der Waals surface area contributed by atoms with E-state index in [0.717, 1.165) is 11.1 Å². The van der Waals surface area contributed by atoms with E-state index in [1.807, 2.05) is 72.5 Å². The third-order valence-corrected chi connectivity index (χ3v) is 3.61. The summed E-state index contributed by atoms with van der Waals surface area (Å²) in [5, 5.41) is 0.625. The zero-order valence-corrected chi connectivity index (χ0v) is 12.3. The van der Waals surface area contributed by atoms with Gasteiger partial charge in [0.25, 0.3) is 0 Å². The predicted octanol–water partition coefficient (Wildman–Crippen LogP) is 4.37. The summed E-state index contributed by atoms with van der Waals surface area (Å²) < 4.78 is 1.90. The van der Waals surface area contributed by atoms with E-state index < -0.39 is 0 Å². The molecule has 0 aliphatic heterocycles. The van der Waals surface area contributed by atoms with Gasteiger partial charge in [0.05, 0.1) is 0 Å². The normalized spacial score (nSPS) is 10.6. The number of hydrogen-bond donors (Lipinski definition) is 0. The first-order valence-corrected chi connectivity index (χ1v) is 7.04. The van der Waals surface area contributed by atoms with Crippen LogP contribution in [0.2, 0.25) is 5.02 Å². The molecule has 3 heteroatoms. The van der Waals surface area contributed by atoms with E-state index in [4.69, 9.17) is 11.6 Å². The van der Waals surface area contributed by atoms with Crippen LogP contribution in [0.4, 0.5) is 0 Å². The molecule has 1 aromatic heterocycles. The third kappa shape index (κ3) is 2.76. The van der Waals surface area contributed by atoms with Crippen molar-refractivity contribution < 1.29 is 0 Å². The second-order valence-electron chi connectivity index (χ2n) is 4.96.